The van der Waals surface area contributed by atoms with Gasteiger partial charge in [-0.3, -0.25) is 0 Å². The Bertz CT molecular complexity index is 955. The highest BCUT2D eigenvalue weighted by Crippen LogP contribution is 2.58. The first kappa shape index (κ1) is 33.0. The number of anilines is 4. The fraction of sp³-hybridized carbons (Fsp3) is 0.793. The normalized spacial score (nSPS) is 20.8. The number of hydrogen-bond acceptors (Lipinski definition) is 14. The molecular formula is C29H50N10O4. The van der Waals surface area contributed by atoms with Crippen LogP contribution in [-0.4, -0.2) is 109 Å². The van der Waals surface area contributed by atoms with Gasteiger partial charge in [0.2, 0.25) is 23.8 Å². The monoisotopic (exact) mass is 602 g/mol. The lowest BCUT2D eigenvalue weighted by molar-refractivity contribution is 0.157. The molecule has 4 N–H and O–H groups in total. The highest BCUT2D eigenvalue weighted by atomic mass is 16.5. The Morgan fingerprint density at radius 2 is 0.814 bits per heavy atom. The van der Waals surface area contributed by atoms with Crippen LogP contribution >= 0.6 is 0 Å². The topological polar surface area (TPSA) is 162 Å². The van der Waals surface area contributed by atoms with Crippen LogP contribution in [0.25, 0.3) is 0 Å². The summed E-state index contributed by atoms with van der Waals surface area (Å²) in [6.45, 7) is 15.5. The van der Waals surface area contributed by atoms with Crippen LogP contribution in [0.3, 0.4) is 0 Å². The van der Waals surface area contributed by atoms with Gasteiger partial charge in [-0.05, 0) is 58.8 Å². The summed E-state index contributed by atoms with van der Waals surface area (Å²) >= 11 is 0. The van der Waals surface area contributed by atoms with E-state index in [4.69, 9.17) is 38.9 Å². The van der Waals surface area contributed by atoms with Crippen molar-refractivity contribution in [3.05, 3.63) is 11.6 Å². The van der Waals surface area contributed by atoms with Crippen LogP contribution in [0.5, 0.6) is 0 Å². The molecule has 2 atom stereocenters. The number of nitrogens with one attached hydrogen (secondary N) is 4. The Morgan fingerprint density at radius 1 is 0.488 bits per heavy atom. The van der Waals surface area contributed by atoms with Crippen LogP contribution in [0, 0.1) is 11.8 Å². The molecule has 2 saturated carbocycles. The second-order valence-corrected chi connectivity index (χ2v) is 10.6. The minimum atomic E-state index is 0.187. The highest BCUT2D eigenvalue weighted by molar-refractivity contribution is 5.38. The number of ether oxygens (including phenoxy) is 4. The maximum atomic E-state index is 5.49. The molecule has 0 aliphatic heterocycles. The van der Waals surface area contributed by atoms with Crippen molar-refractivity contribution in [3.63, 3.8) is 0 Å². The second kappa shape index (κ2) is 18.0. The summed E-state index contributed by atoms with van der Waals surface area (Å²) in [5.74, 6) is 5.13. The van der Waals surface area contributed by atoms with E-state index in [0.717, 1.165) is 30.9 Å². The lowest BCUT2D eigenvalue weighted by atomic mass is 9.79. The molecule has 4 rings (SSSR count). The molecule has 2 unspecified atom stereocenters. The van der Waals surface area contributed by atoms with Crippen LogP contribution in [0.2, 0.25) is 0 Å². The van der Waals surface area contributed by atoms with Crippen molar-refractivity contribution in [2.24, 2.45) is 11.8 Å². The zero-order valence-electron chi connectivity index (χ0n) is 26.2. The Kier molecular flexibility index (Phi) is 13.8. The lowest BCUT2D eigenvalue weighted by Crippen LogP contribution is -2.24. The molecule has 2 aliphatic carbocycles. The van der Waals surface area contributed by atoms with Crippen LogP contribution in [-0.2, 0) is 18.9 Å². The first-order chi connectivity index (χ1) is 21.1. The van der Waals surface area contributed by atoms with E-state index in [1.165, 1.54) is 0 Å². The van der Waals surface area contributed by atoms with Gasteiger partial charge in [-0.25, -0.2) is 0 Å². The van der Waals surface area contributed by atoms with Gasteiger partial charge in [0.1, 0.15) is 11.6 Å². The maximum Gasteiger partial charge on any atom is 0.227 e. The van der Waals surface area contributed by atoms with Gasteiger partial charge < -0.3 is 40.2 Å². The Hall–Kier alpha value is -2.94. The molecule has 0 radical (unpaired) electrons. The van der Waals surface area contributed by atoms with Crippen LogP contribution in [0.4, 0.5) is 23.8 Å². The van der Waals surface area contributed by atoms with Gasteiger partial charge in [0.15, 0.2) is 0 Å². The van der Waals surface area contributed by atoms with Gasteiger partial charge in [-0.2, -0.15) is 29.9 Å². The van der Waals surface area contributed by atoms with E-state index in [9.17, 15) is 0 Å². The van der Waals surface area contributed by atoms with E-state index >= 15 is 0 Å². The van der Waals surface area contributed by atoms with Gasteiger partial charge in [0.25, 0.3) is 0 Å². The molecule has 2 fully saturated rings. The summed E-state index contributed by atoms with van der Waals surface area (Å²) in [5, 5.41) is 13.3. The molecule has 2 aliphatic rings. The molecule has 2 aromatic heterocycles. The largest absolute Gasteiger partial charge is 0.380 e. The molecular weight excluding hydrogens is 552 g/mol. The van der Waals surface area contributed by atoms with E-state index in [2.05, 4.69) is 31.2 Å². The number of nitrogens with zero attached hydrogens (tertiary/aromatic N) is 6. The Labute approximate surface area is 255 Å². The predicted molar refractivity (Wildman–Crippen MR) is 166 cm³/mol. The van der Waals surface area contributed by atoms with E-state index < -0.39 is 0 Å². The van der Waals surface area contributed by atoms with E-state index in [1.54, 1.807) is 0 Å². The molecule has 0 amide bonds. The van der Waals surface area contributed by atoms with Crippen molar-refractivity contribution < 1.29 is 18.9 Å². The van der Waals surface area contributed by atoms with Gasteiger partial charge in [0.05, 0.1) is 26.4 Å². The molecule has 43 heavy (non-hydrogen) atoms. The number of rotatable bonds is 22. The predicted octanol–water partition coefficient (Wildman–Crippen LogP) is 3.15. The zero-order chi connectivity index (χ0) is 30.3. The van der Waals surface area contributed by atoms with Crippen molar-refractivity contribution >= 4 is 23.8 Å². The minimum Gasteiger partial charge on any atom is -0.380 e. The maximum absolute atomic E-state index is 5.49. The minimum absolute atomic E-state index is 0.187. The molecule has 0 spiro atoms. The fourth-order valence-electron chi connectivity index (χ4n) is 5.89. The third-order valence-electron chi connectivity index (χ3n) is 7.72. The van der Waals surface area contributed by atoms with Crippen LogP contribution in [0.15, 0.2) is 0 Å². The summed E-state index contributed by atoms with van der Waals surface area (Å²) < 4.78 is 22.0. The third-order valence-corrected chi connectivity index (χ3v) is 7.72. The molecule has 2 bridgehead atoms. The average Bonchev–Trinajstić information content (AvgIpc) is 3.64. The van der Waals surface area contributed by atoms with Crippen molar-refractivity contribution in [1.82, 2.24) is 29.9 Å². The average molecular weight is 603 g/mol. The summed E-state index contributed by atoms with van der Waals surface area (Å²) in [6.07, 6.45) is 3.20. The number of aromatic nitrogens is 6. The Balaban J connectivity index is 1.53. The van der Waals surface area contributed by atoms with Crippen molar-refractivity contribution in [3.8, 4) is 0 Å². The second-order valence-electron chi connectivity index (χ2n) is 10.6. The summed E-state index contributed by atoms with van der Waals surface area (Å²) in [4.78, 5) is 28.8. The fourth-order valence-corrected chi connectivity index (χ4v) is 5.89. The van der Waals surface area contributed by atoms with E-state index in [0.29, 0.717) is 115 Å². The molecule has 14 nitrogen and oxygen atoms in total. The SMILES string of the molecule is CCOCCNc1nc(NCCOCC)nc(C2CC3CC(c4nc(NCCOCC)nc(NCCOCC)n4)C2C3)n1. The summed E-state index contributed by atoms with van der Waals surface area (Å²) in [5.41, 5.74) is 0. The standard InChI is InChI=1S/C29H50N10O4/c1-5-40-13-9-30-26-34-24(35-27(38-26)31-10-14-41-6-2)22-18-20-17-21(22)23(19-20)25-36-28(32-11-15-42-7-3)39-29(37-25)33-12-16-43-8-4/h20-23H,5-19H2,1-4H3,(H2,30,31,34,35,38)(H2,32,33,36,37,39). The zero-order valence-corrected chi connectivity index (χ0v) is 26.2. The molecule has 0 aromatic carbocycles. The van der Waals surface area contributed by atoms with Crippen LogP contribution < -0.4 is 21.3 Å². The first-order valence-corrected chi connectivity index (χ1v) is 15.9. The van der Waals surface area contributed by atoms with Crippen molar-refractivity contribution in [1.29, 1.82) is 0 Å². The smallest absolute Gasteiger partial charge is 0.227 e. The molecule has 2 aromatic rings. The summed E-state index contributed by atoms with van der Waals surface area (Å²) in [7, 11) is 0. The van der Waals surface area contributed by atoms with Gasteiger partial charge in [0, 0.05) is 64.4 Å². The Morgan fingerprint density at radius 3 is 1.09 bits per heavy atom. The molecule has 2 heterocycles. The van der Waals surface area contributed by atoms with Crippen LogP contribution in [0.1, 0.15) is 70.4 Å². The summed E-state index contributed by atoms with van der Waals surface area (Å²) in [6, 6.07) is 0. The number of hydrogen-bond donors (Lipinski definition) is 4. The molecule has 14 heteroatoms. The third kappa shape index (κ3) is 10.1. The van der Waals surface area contributed by atoms with Crippen molar-refractivity contribution in [2.45, 2.75) is 58.8 Å². The quantitative estimate of drug-likeness (QED) is 0.145. The first-order valence-electron chi connectivity index (χ1n) is 15.9. The van der Waals surface area contributed by atoms with Gasteiger partial charge >= 0.3 is 0 Å². The van der Waals surface area contributed by atoms with E-state index in [1.807, 2.05) is 27.7 Å². The highest BCUT2D eigenvalue weighted by Gasteiger charge is 2.49. The van der Waals surface area contributed by atoms with Gasteiger partial charge in [-0.1, -0.05) is 0 Å². The molecule has 240 valence electrons. The van der Waals surface area contributed by atoms with E-state index in [-0.39, 0.29) is 11.8 Å². The number of fused-ring (bicyclic) bond motifs is 2. The lowest BCUT2D eigenvalue weighted by Gasteiger charge is -2.28. The molecule has 0 saturated heterocycles. The van der Waals surface area contributed by atoms with Crippen molar-refractivity contribution in [2.75, 3.05) is 100 Å². The van der Waals surface area contributed by atoms with Gasteiger partial charge in [-0.15, -0.1) is 0 Å².